The van der Waals surface area contributed by atoms with Crippen LogP contribution in [0.2, 0.25) is 0 Å². The first-order valence-corrected chi connectivity index (χ1v) is 6.70. The van der Waals surface area contributed by atoms with Crippen molar-refractivity contribution in [2.45, 2.75) is 13.5 Å². The number of hydrogen-bond acceptors (Lipinski definition) is 1. The second-order valence-corrected chi connectivity index (χ2v) is 4.94. The van der Waals surface area contributed by atoms with E-state index in [1.54, 1.807) is 0 Å². The third-order valence-electron chi connectivity index (χ3n) is 3.23. The predicted octanol–water partition coefficient (Wildman–Crippen LogP) is 4.22. The second-order valence-electron chi connectivity index (χ2n) is 4.94. The largest absolute Gasteiger partial charge is 0.298 e. The molecule has 2 aromatic rings. The van der Waals surface area contributed by atoms with E-state index in [9.17, 15) is 0 Å². The molecule has 1 heteroatoms. The maximum Gasteiger partial charge on any atom is 0.0233 e. The quantitative estimate of drug-likeness (QED) is 0.769. The maximum atomic E-state index is 2.32. The molecule has 0 N–H and O–H groups in total. The van der Waals surface area contributed by atoms with E-state index in [-0.39, 0.29) is 0 Å². The molecule has 0 aliphatic rings. The van der Waals surface area contributed by atoms with Gasteiger partial charge in [-0.2, -0.15) is 0 Å². The van der Waals surface area contributed by atoms with Crippen molar-refractivity contribution in [2.24, 2.45) is 0 Å². The molecule has 0 fully saturated rings. The molecule has 0 saturated carbocycles. The van der Waals surface area contributed by atoms with Crippen molar-refractivity contribution in [3.05, 3.63) is 77.9 Å². The van der Waals surface area contributed by atoms with Crippen molar-refractivity contribution in [1.82, 2.24) is 4.90 Å². The number of nitrogens with zero attached hydrogens (tertiary/aromatic N) is 1. The number of rotatable bonds is 5. The van der Waals surface area contributed by atoms with Crippen LogP contribution in [-0.2, 0) is 6.54 Å². The zero-order valence-corrected chi connectivity index (χ0v) is 11.7. The highest BCUT2D eigenvalue weighted by molar-refractivity contribution is 5.63. The highest BCUT2D eigenvalue weighted by atomic mass is 15.1. The second kappa shape index (κ2) is 6.91. The zero-order chi connectivity index (χ0) is 13.5. The highest BCUT2D eigenvalue weighted by Crippen LogP contribution is 2.12. The van der Waals surface area contributed by atoms with E-state index in [1.807, 2.05) is 0 Å². The van der Waals surface area contributed by atoms with Crippen LogP contribution in [0.15, 0.2) is 66.7 Å². The van der Waals surface area contributed by atoms with E-state index < -0.39 is 0 Å². The van der Waals surface area contributed by atoms with Gasteiger partial charge in [0, 0.05) is 13.1 Å². The van der Waals surface area contributed by atoms with Crippen LogP contribution in [0.4, 0.5) is 0 Å². The van der Waals surface area contributed by atoms with Crippen molar-refractivity contribution in [3.63, 3.8) is 0 Å². The Hall–Kier alpha value is -1.86. The van der Waals surface area contributed by atoms with Gasteiger partial charge in [-0.25, -0.2) is 0 Å². The minimum Gasteiger partial charge on any atom is -0.298 e. The van der Waals surface area contributed by atoms with Gasteiger partial charge in [0.15, 0.2) is 0 Å². The fourth-order valence-corrected chi connectivity index (χ4v) is 2.07. The SMILES string of the molecule is C/C(=C\CN(C)Cc1ccccc1)c1ccccc1. The van der Waals surface area contributed by atoms with Crippen LogP contribution in [0.1, 0.15) is 18.1 Å². The minimum absolute atomic E-state index is 0.968. The van der Waals surface area contributed by atoms with E-state index in [2.05, 4.69) is 85.6 Å². The van der Waals surface area contributed by atoms with Crippen molar-refractivity contribution < 1.29 is 0 Å². The fourth-order valence-electron chi connectivity index (χ4n) is 2.07. The molecule has 0 atom stereocenters. The van der Waals surface area contributed by atoms with Gasteiger partial charge in [0.2, 0.25) is 0 Å². The van der Waals surface area contributed by atoms with Gasteiger partial charge in [-0.1, -0.05) is 66.7 Å². The van der Waals surface area contributed by atoms with Crippen molar-refractivity contribution in [3.8, 4) is 0 Å². The smallest absolute Gasteiger partial charge is 0.0233 e. The first kappa shape index (κ1) is 13.6. The van der Waals surface area contributed by atoms with Crippen LogP contribution in [0.5, 0.6) is 0 Å². The fraction of sp³-hybridized carbons (Fsp3) is 0.222. The third kappa shape index (κ3) is 4.38. The first-order valence-electron chi connectivity index (χ1n) is 6.70. The van der Waals surface area contributed by atoms with Crippen LogP contribution < -0.4 is 0 Å². The lowest BCUT2D eigenvalue weighted by Crippen LogP contribution is -2.17. The topological polar surface area (TPSA) is 3.24 Å². The molecule has 0 spiro atoms. The molecular weight excluding hydrogens is 230 g/mol. The van der Waals surface area contributed by atoms with Crippen LogP contribution in [0, 0.1) is 0 Å². The van der Waals surface area contributed by atoms with E-state index in [1.165, 1.54) is 16.7 Å². The molecule has 1 nitrogen and oxygen atoms in total. The molecule has 19 heavy (non-hydrogen) atoms. The molecule has 0 bridgehead atoms. The summed E-state index contributed by atoms with van der Waals surface area (Å²) in [7, 11) is 2.15. The lowest BCUT2D eigenvalue weighted by atomic mass is 10.1. The molecule has 0 amide bonds. The average Bonchev–Trinajstić information content (AvgIpc) is 2.47. The summed E-state index contributed by atoms with van der Waals surface area (Å²) < 4.78 is 0. The Labute approximate surface area is 116 Å². The minimum atomic E-state index is 0.968. The molecule has 0 radical (unpaired) electrons. The molecule has 0 saturated heterocycles. The van der Waals surface area contributed by atoms with Gasteiger partial charge < -0.3 is 0 Å². The Kier molecular flexibility index (Phi) is 4.93. The van der Waals surface area contributed by atoms with Gasteiger partial charge in [0.05, 0.1) is 0 Å². The number of allylic oxidation sites excluding steroid dienone is 1. The summed E-state index contributed by atoms with van der Waals surface area (Å²) in [6.45, 7) is 4.13. The lowest BCUT2D eigenvalue weighted by Gasteiger charge is -2.15. The number of hydrogen-bond donors (Lipinski definition) is 0. The van der Waals surface area contributed by atoms with Crippen LogP contribution >= 0.6 is 0 Å². The summed E-state index contributed by atoms with van der Waals surface area (Å²) in [6, 6.07) is 21.1. The summed E-state index contributed by atoms with van der Waals surface area (Å²) in [6.07, 6.45) is 2.29. The van der Waals surface area contributed by atoms with Gasteiger partial charge in [-0.05, 0) is 30.7 Å². The molecule has 0 aliphatic heterocycles. The van der Waals surface area contributed by atoms with E-state index in [0.29, 0.717) is 0 Å². The summed E-state index contributed by atoms with van der Waals surface area (Å²) in [5.74, 6) is 0. The summed E-state index contributed by atoms with van der Waals surface area (Å²) in [4.78, 5) is 2.32. The molecule has 98 valence electrons. The first-order chi connectivity index (χ1) is 9.25. The van der Waals surface area contributed by atoms with Crippen molar-refractivity contribution >= 4 is 5.57 Å². The van der Waals surface area contributed by atoms with Crippen LogP contribution in [0.3, 0.4) is 0 Å². The maximum absolute atomic E-state index is 2.32. The van der Waals surface area contributed by atoms with E-state index >= 15 is 0 Å². The Morgan fingerprint density at radius 3 is 2.16 bits per heavy atom. The molecular formula is C18H21N. The molecule has 0 unspecified atom stereocenters. The standard InChI is InChI=1S/C18H21N/c1-16(18-11-7-4-8-12-18)13-14-19(2)15-17-9-5-3-6-10-17/h3-13H,14-15H2,1-2H3/b16-13+. The van der Waals surface area contributed by atoms with Crippen LogP contribution in [0.25, 0.3) is 5.57 Å². The van der Waals surface area contributed by atoms with Gasteiger partial charge in [0.25, 0.3) is 0 Å². The van der Waals surface area contributed by atoms with Crippen LogP contribution in [-0.4, -0.2) is 18.5 Å². The predicted molar refractivity (Wildman–Crippen MR) is 82.9 cm³/mol. The monoisotopic (exact) mass is 251 g/mol. The van der Waals surface area contributed by atoms with Gasteiger partial charge in [-0.3, -0.25) is 4.90 Å². The summed E-state index contributed by atoms with van der Waals surface area (Å²) >= 11 is 0. The molecule has 2 rings (SSSR count). The molecule has 0 aromatic heterocycles. The Bertz CT molecular complexity index is 514. The Morgan fingerprint density at radius 1 is 0.947 bits per heavy atom. The summed E-state index contributed by atoms with van der Waals surface area (Å²) in [5.41, 5.74) is 3.99. The molecule has 2 aromatic carbocycles. The zero-order valence-electron chi connectivity index (χ0n) is 11.7. The highest BCUT2D eigenvalue weighted by Gasteiger charge is 1.99. The van der Waals surface area contributed by atoms with E-state index in [0.717, 1.165) is 13.1 Å². The van der Waals surface area contributed by atoms with Gasteiger partial charge in [-0.15, -0.1) is 0 Å². The number of benzene rings is 2. The normalized spacial score (nSPS) is 11.8. The van der Waals surface area contributed by atoms with E-state index in [4.69, 9.17) is 0 Å². The summed E-state index contributed by atoms with van der Waals surface area (Å²) in [5, 5.41) is 0. The lowest BCUT2D eigenvalue weighted by molar-refractivity contribution is 0.363. The number of likely N-dealkylation sites (N-methyl/N-ethyl adjacent to an activating group) is 1. The van der Waals surface area contributed by atoms with Crippen molar-refractivity contribution in [2.75, 3.05) is 13.6 Å². The van der Waals surface area contributed by atoms with Crippen molar-refractivity contribution in [1.29, 1.82) is 0 Å². The molecule has 0 heterocycles. The van der Waals surface area contributed by atoms with Gasteiger partial charge in [0.1, 0.15) is 0 Å². The molecule has 0 aliphatic carbocycles. The third-order valence-corrected chi connectivity index (χ3v) is 3.23. The average molecular weight is 251 g/mol. The Balaban J connectivity index is 1.91. The Morgan fingerprint density at radius 2 is 1.53 bits per heavy atom. The van der Waals surface area contributed by atoms with Gasteiger partial charge >= 0.3 is 0 Å².